The summed E-state index contributed by atoms with van der Waals surface area (Å²) in [6, 6.07) is 6.14. The first kappa shape index (κ1) is 19.8. The largest absolute Gasteiger partial charge is 0.379 e. The number of aromatic nitrogens is 4. The zero-order chi connectivity index (χ0) is 21.2. The number of fused-ring (bicyclic) bond motifs is 1. The van der Waals surface area contributed by atoms with E-state index < -0.39 is 0 Å². The molecule has 0 unspecified atom stereocenters. The topological polar surface area (TPSA) is 96.0 Å². The van der Waals surface area contributed by atoms with E-state index in [9.17, 15) is 4.79 Å². The van der Waals surface area contributed by atoms with Gasteiger partial charge in [0.25, 0.3) is 5.91 Å². The van der Waals surface area contributed by atoms with Crippen LogP contribution in [-0.2, 0) is 11.3 Å². The van der Waals surface area contributed by atoms with Crippen LogP contribution in [0.25, 0.3) is 22.0 Å². The average Bonchev–Trinajstić information content (AvgIpc) is 3.44. The van der Waals surface area contributed by atoms with Gasteiger partial charge >= 0.3 is 0 Å². The van der Waals surface area contributed by atoms with Gasteiger partial charge in [-0.1, -0.05) is 0 Å². The molecule has 1 amide bonds. The fourth-order valence-electron chi connectivity index (χ4n) is 3.72. The van der Waals surface area contributed by atoms with Crippen molar-refractivity contribution in [3.05, 3.63) is 58.4 Å². The first-order valence-corrected chi connectivity index (χ1v) is 11.0. The van der Waals surface area contributed by atoms with Crippen LogP contribution in [0, 0.1) is 6.92 Å². The van der Waals surface area contributed by atoms with Crippen LogP contribution in [-0.4, -0.2) is 57.3 Å². The van der Waals surface area contributed by atoms with Gasteiger partial charge in [0.2, 0.25) is 0 Å². The quantitative estimate of drug-likeness (QED) is 0.499. The van der Waals surface area contributed by atoms with Gasteiger partial charge in [-0.25, -0.2) is 4.98 Å². The maximum atomic E-state index is 12.7. The molecule has 158 valence electrons. The molecule has 4 aromatic rings. The molecule has 8 nitrogen and oxygen atoms in total. The lowest BCUT2D eigenvalue weighted by Crippen LogP contribution is -2.35. The van der Waals surface area contributed by atoms with Crippen molar-refractivity contribution < 1.29 is 9.53 Å². The molecule has 0 bridgehead atoms. The van der Waals surface area contributed by atoms with Crippen LogP contribution >= 0.6 is 11.3 Å². The minimum atomic E-state index is -0.233. The zero-order valence-electron chi connectivity index (χ0n) is 17.1. The minimum Gasteiger partial charge on any atom is -0.379 e. The van der Waals surface area contributed by atoms with E-state index in [1.54, 1.807) is 11.6 Å². The summed E-state index contributed by atoms with van der Waals surface area (Å²) >= 11 is 1.45. The highest BCUT2D eigenvalue weighted by molar-refractivity contribution is 7.09. The summed E-state index contributed by atoms with van der Waals surface area (Å²) in [5, 5.41) is 13.6. The number of pyridine rings is 1. The van der Waals surface area contributed by atoms with Crippen molar-refractivity contribution in [2.45, 2.75) is 13.5 Å². The first-order chi connectivity index (χ1) is 15.2. The summed E-state index contributed by atoms with van der Waals surface area (Å²) < 4.78 is 5.44. The number of amides is 1. The van der Waals surface area contributed by atoms with Gasteiger partial charge in [-0.15, -0.1) is 11.3 Å². The number of anilines is 1. The molecule has 4 heterocycles. The molecule has 0 radical (unpaired) electrons. The standard InChI is InChI=1S/C22H22N6O2S/c1-14-25-21(13-31-14)22(29)26-19-7-16(8-20-18(19)11-24-27-20)17-6-15(9-23-10-17)12-28-2-4-30-5-3-28/h6-11,13H,2-5,12H2,1H3,(H,24,27)(H,26,29). The molecule has 1 aromatic carbocycles. The number of ether oxygens (including phenoxy) is 1. The Kier molecular flexibility index (Phi) is 5.46. The van der Waals surface area contributed by atoms with Crippen molar-refractivity contribution in [2.75, 3.05) is 31.6 Å². The number of carbonyl (C=O) groups excluding carboxylic acids is 1. The number of morpholine rings is 1. The van der Waals surface area contributed by atoms with Crippen molar-refractivity contribution >= 4 is 33.8 Å². The summed E-state index contributed by atoms with van der Waals surface area (Å²) in [5.41, 5.74) is 5.04. The summed E-state index contributed by atoms with van der Waals surface area (Å²) in [4.78, 5) is 23.8. The van der Waals surface area contributed by atoms with Gasteiger partial charge in [-0.2, -0.15) is 5.10 Å². The van der Waals surface area contributed by atoms with E-state index in [0.717, 1.165) is 65.4 Å². The fourth-order valence-corrected chi connectivity index (χ4v) is 4.32. The molecule has 0 spiro atoms. The van der Waals surface area contributed by atoms with Crippen LogP contribution in [0.15, 0.2) is 42.2 Å². The molecule has 0 saturated carbocycles. The van der Waals surface area contributed by atoms with Gasteiger partial charge in [-0.3, -0.25) is 19.8 Å². The Bertz CT molecular complexity index is 1230. The third kappa shape index (κ3) is 4.34. The van der Waals surface area contributed by atoms with E-state index in [1.165, 1.54) is 11.3 Å². The SMILES string of the molecule is Cc1nc(C(=O)Nc2cc(-c3cncc(CN4CCOCC4)c3)cc3[nH]ncc23)cs1. The smallest absolute Gasteiger partial charge is 0.275 e. The number of H-pyrrole nitrogens is 1. The molecule has 3 aromatic heterocycles. The number of benzene rings is 1. The van der Waals surface area contributed by atoms with Crippen molar-refractivity contribution in [3.8, 4) is 11.1 Å². The maximum absolute atomic E-state index is 12.7. The average molecular weight is 435 g/mol. The van der Waals surface area contributed by atoms with E-state index in [4.69, 9.17) is 4.74 Å². The molecule has 2 N–H and O–H groups in total. The van der Waals surface area contributed by atoms with Gasteiger partial charge in [0.1, 0.15) is 5.69 Å². The lowest BCUT2D eigenvalue weighted by molar-refractivity contribution is 0.0341. The highest BCUT2D eigenvalue weighted by Crippen LogP contribution is 2.30. The lowest BCUT2D eigenvalue weighted by atomic mass is 10.0. The molecule has 9 heteroatoms. The van der Waals surface area contributed by atoms with Crippen molar-refractivity contribution in [3.63, 3.8) is 0 Å². The third-order valence-corrected chi connectivity index (χ3v) is 6.07. The molecule has 1 aliphatic heterocycles. The molecule has 0 aliphatic carbocycles. The van der Waals surface area contributed by atoms with Crippen LogP contribution < -0.4 is 5.32 Å². The van der Waals surface area contributed by atoms with Gasteiger partial charge in [0, 0.05) is 48.4 Å². The second-order valence-electron chi connectivity index (χ2n) is 7.53. The lowest BCUT2D eigenvalue weighted by Gasteiger charge is -2.26. The van der Waals surface area contributed by atoms with Crippen molar-refractivity contribution in [1.82, 2.24) is 25.1 Å². The number of nitrogens with zero attached hydrogens (tertiary/aromatic N) is 4. The number of aromatic amines is 1. The number of nitrogens with one attached hydrogen (secondary N) is 2. The van der Waals surface area contributed by atoms with E-state index >= 15 is 0 Å². The summed E-state index contributed by atoms with van der Waals surface area (Å²) in [7, 11) is 0. The van der Waals surface area contributed by atoms with E-state index in [1.807, 2.05) is 31.5 Å². The molecular formula is C22H22N6O2S. The Hall–Kier alpha value is -3.14. The van der Waals surface area contributed by atoms with Crippen LogP contribution in [0.3, 0.4) is 0 Å². The third-order valence-electron chi connectivity index (χ3n) is 5.30. The van der Waals surface area contributed by atoms with Crippen LogP contribution in [0.4, 0.5) is 5.69 Å². The number of aryl methyl sites for hydroxylation is 1. The maximum Gasteiger partial charge on any atom is 0.275 e. The highest BCUT2D eigenvalue weighted by Gasteiger charge is 2.15. The second kappa shape index (κ2) is 8.54. The van der Waals surface area contributed by atoms with Crippen LogP contribution in [0.2, 0.25) is 0 Å². The van der Waals surface area contributed by atoms with Crippen LogP contribution in [0.5, 0.6) is 0 Å². The summed E-state index contributed by atoms with van der Waals surface area (Å²) in [6.07, 6.45) is 5.46. The Labute approximate surface area is 183 Å². The number of carbonyl (C=O) groups is 1. The zero-order valence-corrected chi connectivity index (χ0v) is 17.9. The molecule has 1 aliphatic rings. The van der Waals surface area contributed by atoms with Gasteiger partial charge in [0.05, 0.1) is 35.6 Å². The number of rotatable bonds is 5. The predicted octanol–water partition coefficient (Wildman–Crippen LogP) is 3.47. The van der Waals surface area contributed by atoms with Gasteiger partial charge < -0.3 is 10.1 Å². The highest BCUT2D eigenvalue weighted by atomic mass is 32.1. The summed E-state index contributed by atoms with van der Waals surface area (Å²) in [6.45, 7) is 6.11. The number of hydrogen-bond acceptors (Lipinski definition) is 7. The molecule has 1 fully saturated rings. The number of hydrogen-bond donors (Lipinski definition) is 2. The Balaban J connectivity index is 1.45. The minimum absolute atomic E-state index is 0.233. The number of thiazole rings is 1. The molecule has 5 rings (SSSR count). The Morgan fingerprint density at radius 1 is 1.19 bits per heavy atom. The van der Waals surface area contributed by atoms with E-state index in [2.05, 4.69) is 36.4 Å². The fraction of sp³-hybridized carbons (Fsp3) is 0.273. The molecule has 0 atom stereocenters. The van der Waals surface area contributed by atoms with Crippen LogP contribution in [0.1, 0.15) is 21.1 Å². The van der Waals surface area contributed by atoms with E-state index in [0.29, 0.717) is 11.4 Å². The van der Waals surface area contributed by atoms with Gasteiger partial charge in [0.15, 0.2) is 0 Å². The van der Waals surface area contributed by atoms with E-state index in [-0.39, 0.29) is 5.91 Å². The second-order valence-corrected chi connectivity index (χ2v) is 8.59. The molecule has 31 heavy (non-hydrogen) atoms. The Morgan fingerprint density at radius 2 is 2.06 bits per heavy atom. The summed E-state index contributed by atoms with van der Waals surface area (Å²) in [5.74, 6) is -0.233. The predicted molar refractivity (Wildman–Crippen MR) is 120 cm³/mol. The normalized spacial score (nSPS) is 14.7. The first-order valence-electron chi connectivity index (χ1n) is 10.1. The monoisotopic (exact) mass is 434 g/mol. The molecular weight excluding hydrogens is 412 g/mol. The Morgan fingerprint density at radius 3 is 2.87 bits per heavy atom. The van der Waals surface area contributed by atoms with Gasteiger partial charge in [-0.05, 0) is 36.2 Å². The molecule has 1 saturated heterocycles. The van der Waals surface area contributed by atoms with Crippen molar-refractivity contribution in [2.24, 2.45) is 0 Å². The van der Waals surface area contributed by atoms with Crippen molar-refractivity contribution in [1.29, 1.82) is 0 Å².